The number of halogens is 1. The highest BCUT2D eigenvalue weighted by atomic mass is 35.5. The predicted octanol–water partition coefficient (Wildman–Crippen LogP) is 3.20. The molecule has 0 aliphatic carbocycles. The van der Waals surface area contributed by atoms with E-state index in [9.17, 15) is 14.9 Å². The van der Waals surface area contributed by atoms with Crippen LogP contribution in [0.2, 0.25) is 5.02 Å². The third kappa shape index (κ3) is 3.17. The van der Waals surface area contributed by atoms with E-state index in [1.807, 2.05) is 6.92 Å². The number of carbonyl (C=O) groups is 1. The Balaban J connectivity index is 3.09. The van der Waals surface area contributed by atoms with Crippen molar-refractivity contribution < 1.29 is 14.5 Å². The molecule has 0 saturated carbocycles. The molecule has 1 aromatic rings. The summed E-state index contributed by atoms with van der Waals surface area (Å²) < 4.78 is 5.03. The van der Waals surface area contributed by atoms with Crippen molar-refractivity contribution in [2.45, 2.75) is 26.4 Å². The molecule has 0 heterocycles. The summed E-state index contributed by atoms with van der Waals surface area (Å²) in [6, 6.07) is 4.16. The molecule has 5 nitrogen and oxygen atoms in total. The molecular formula is C11H12ClNO4. The second-order valence-electron chi connectivity index (χ2n) is 3.52. The first-order chi connectivity index (χ1) is 7.97. The lowest BCUT2D eigenvalue weighted by atomic mass is 10.2. The largest absolute Gasteiger partial charge is 0.459 e. The average molecular weight is 258 g/mol. The number of hydrogen-bond acceptors (Lipinski definition) is 4. The monoisotopic (exact) mass is 257 g/mol. The normalized spacial score (nSPS) is 11.9. The molecule has 1 unspecified atom stereocenters. The van der Waals surface area contributed by atoms with Crippen molar-refractivity contribution in [2.24, 2.45) is 0 Å². The van der Waals surface area contributed by atoms with Gasteiger partial charge in [-0.2, -0.15) is 0 Å². The fourth-order valence-electron chi connectivity index (χ4n) is 1.20. The Kier molecular flexibility index (Phi) is 4.45. The van der Waals surface area contributed by atoms with Gasteiger partial charge in [0, 0.05) is 0 Å². The van der Waals surface area contributed by atoms with Gasteiger partial charge in [-0.1, -0.05) is 24.6 Å². The van der Waals surface area contributed by atoms with E-state index in [1.54, 1.807) is 6.92 Å². The van der Waals surface area contributed by atoms with Crippen LogP contribution < -0.4 is 0 Å². The maximum Gasteiger partial charge on any atom is 0.345 e. The number of rotatable bonds is 4. The quantitative estimate of drug-likeness (QED) is 0.472. The van der Waals surface area contributed by atoms with Crippen molar-refractivity contribution in [1.29, 1.82) is 0 Å². The number of para-hydroxylation sites is 1. The van der Waals surface area contributed by atoms with Crippen LogP contribution in [-0.4, -0.2) is 17.0 Å². The smallest absolute Gasteiger partial charge is 0.345 e. The zero-order valence-corrected chi connectivity index (χ0v) is 10.2. The summed E-state index contributed by atoms with van der Waals surface area (Å²) in [6.07, 6.45) is 0.348. The van der Waals surface area contributed by atoms with Crippen LogP contribution in [0.4, 0.5) is 5.69 Å². The molecule has 0 spiro atoms. The molecule has 6 heteroatoms. The first kappa shape index (κ1) is 13.4. The highest BCUT2D eigenvalue weighted by Crippen LogP contribution is 2.28. The molecule has 0 aromatic heterocycles. The Morgan fingerprint density at radius 2 is 2.24 bits per heavy atom. The number of esters is 1. The molecule has 1 rings (SSSR count). The van der Waals surface area contributed by atoms with Crippen LogP contribution in [0.25, 0.3) is 0 Å². The maximum absolute atomic E-state index is 11.7. The first-order valence-corrected chi connectivity index (χ1v) is 5.49. The molecule has 0 amide bonds. The lowest BCUT2D eigenvalue weighted by Crippen LogP contribution is -2.15. The van der Waals surface area contributed by atoms with Crippen LogP contribution in [-0.2, 0) is 4.74 Å². The van der Waals surface area contributed by atoms with Crippen LogP contribution in [0.3, 0.4) is 0 Å². The third-order valence-corrected chi connectivity index (χ3v) is 2.58. The predicted molar refractivity (Wildman–Crippen MR) is 63.3 cm³/mol. The zero-order valence-electron chi connectivity index (χ0n) is 9.47. The van der Waals surface area contributed by atoms with Crippen LogP contribution in [0, 0.1) is 10.1 Å². The van der Waals surface area contributed by atoms with Gasteiger partial charge in [0.25, 0.3) is 0 Å². The molecule has 0 aliphatic rings. The van der Waals surface area contributed by atoms with Gasteiger partial charge in [-0.15, -0.1) is 0 Å². The number of hydrogen-bond donors (Lipinski definition) is 0. The molecule has 0 fully saturated rings. The van der Waals surface area contributed by atoms with E-state index in [1.165, 1.54) is 18.2 Å². The van der Waals surface area contributed by atoms with Gasteiger partial charge in [0.05, 0.1) is 11.0 Å². The van der Waals surface area contributed by atoms with Crippen molar-refractivity contribution in [3.63, 3.8) is 0 Å². The molecule has 1 aromatic carbocycles. The van der Waals surface area contributed by atoms with Crippen LogP contribution in [0.15, 0.2) is 18.2 Å². The molecule has 0 aliphatic heterocycles. The van der Waals surface area contributed by atoms with Gasteiger partial charge in [0.1, 0.15) is 10.6 Å². The average Bonchev–Trinajstić information content (AvgIpc) is 2.27. The van der Waals surface area contributed by atoms with Crippen molar-refractivity contribution in [3.8, 4) is 0 Å². The Morgan fingerprint density at radius 1 is 1.59 bits per heavy atom. The van der Waals surface area contributed by atoms with E-state index in [0.29, 0.717) is 6.42 Å². The maximum atomic E-state index is 11.7. The van der Waals surface area contributed by atoms with Gasteiger partial charge in [-0.05, 0) is 25.5 Å². The number of nitrogens with zero attached hydrogens (tertiary/aromatic N) is 1. The number of benzene rings is 1. The lowest BCUT2D eigenvalue weighted by Gasteiger charge is -2.11. The Bertz CT molecular complexity index is 447. The Morgan fingerprint density at radius 3 is 2.76 bits per heavy atom. The summed E-state index contributed by atoms with van der Waals surface area (Å²) in [7, 11) is 0. The summed E-state index contributed by atoms with van der Waals surface area (Å²) >= 11 is 5.69. The van der Waals surface area contributed by atoms with Crippen molar-refractivity contribution in [1.82, 2.24) is 0 Å². The van der Waals surface area contributed by atoms with Gasteiger partial charge in [0.15, 0.2) is 0 Å². The van der Waals surface area contributed by atoms with E-state index >= 15 is 0 Å². The molecule has 0 saturated heterocycles. The minimum Gasteiger partial charge on any atom is -0.459 e. The van der Waals surface area contributed by atoms with Crippen molar-refractivity contribution in [3.05, 3.63) is 38.9 Å². The number of nitro benzene ring substituents is 1. The third-order valence-electron chi connectivity index (χ3n) is 2.27. The van der Waals surface area contributed by atoms with Gasteiger partial charge in [-0.25, -0.2) is 4.79 Å². The molecule has 0 N–H and O–H groups in total. The molecule has 17 heavy (non-hydrogen) atoms. The second-order valence-corrected chi connectivity index (χ2v) is 3.92. The highest BCUT2D eigenvalue weighted by Gasteiger charge is 2.25. The minimum absolute atomic E-state index is 0.0754. The topological polar surface area (TPSA) is 69.4 Å². The van der Waals surface area contributed by atoms with E-state index in [4.69, 9.17) is 16.3 Å². The fraction of sp³-hybridized carbons (Fsp3) is 0.364. The highest BCUT2D eigenvalue weighted by molar-refractivity contribution is 6.33. The minimum atomic E-state index is -0.728. The summed E-state index contributed by atoms with van der Waals surface area (Å²) in [5, 5.41) is 10.7. The number of ether oxygens (including phenoxy) is 1. The van der Waals surface area contributed by atoms with Gasteiger partial charge in [-0.3, -0.25) is 10.1 Å². The van der Waals surface area contributed by atoms with Crippen LogP contribution in [0.5, 0.6) is 0 Å². The summed E-state index contributed by atoms with van der Waals surface area (Å²) in [5.74, 6) is -0.728. The number of nitro groups is 1. The molecule has 0 bridgehead atoms. The molecule has 1 atom stereocenters. The molecule has 0 radical (unpaired) electrons. The standard InChI is InChI=1S/C11H12ClNO4/c1-3-7(2)17-11(14)8-5-4-6-9(12)10(8)13(15)16/h4-7H,3H2,1-2H3. The van der Waals surface area contributed by atoms with Crippen LogP contribution >= 0.6 is 11.6 Å². The van der Waals surface area contributed by atoms with Gasteiger partial charge in [0.2, 0.25) is 0 Å². The van der Waals surface area contributed by atoms with E-state index in [-0.39, 0.29) is 16.7 Å². The van der Waals surface area contributed by atoms with E-state index < -0.39 is 16.6 Å². The van der Waals surface area contributed by atoms with Gasteiger partial charge >= 0.3 is 11.7 Å². The lowest BCUT2D eigenvalue weighted by molar-refractivity contribution is -0.385. The SMILES string of the molecule is CCC(C)OC(=O)c1cccc(Cl)c1[N+](=O)[O-]. The van der Waals surface area contributed by atoms with Crippen molar-refractivity contribution >= 4 is 23.3 Å². The number of carbonyl (C=O) groups excluding carboxylic acids is 1. The fourth-order valence-corrected chi connectivity index (χ4v) is 1.44. The van der Waals surface area contributed by atoms with Crippen LogP contribution in [0.1, 0.15) is 30.6 Å². The molecular weight excluding hydrogens is 246 g/mol. The summed E-state index contributed by atoms with van der Waals surface area (Å²) in [4.78, 5) is 21.8. The summed E-state index contributed by atoms with van der Waals surface area (Å²) in [5.41, 5.74) is -0.537. The van der Waals surface area contributed by atoms with E-state index in [0.717, 1.165) is 0 Å². The molecule has 92 valence electrons. The Hall–Kier alpha value is -1.62. The summed E-state index contributed by atoms with van der Waals surface area (Å²) in [6.45, 7) is 3.57. The Labute approximate surface area is 103 Å². The van der Waals surface area contributed by atoms with Crippen molar-refractivity contribution in [2.75, 3.05) is 0 Å². The van der Waals surface area contributed by atoms with E-state index in [2.05, 4.69) is 0 Å². The first-order valence-electron chi connectivity index (χ1n) is 5.11. The van der Waals surface area contributed by atoms with Gasteiger partial charge < -0.3 is 4.74 Å². The second kappa shape index (κ2) is 5.63. The zero-order chi connectivity index (χ0) is 13.0.